The molecule has 0 aliphatic rings. The van der Waals surface area contributed by atoms with Crippen molar-refractivity contribution in [2.75, 3.05) is 5.75 Å². The Labute approximate surface area is 259 Å². The molecule has 246 valence electrons. The number of carbonyl (C=O) groups excluding carboxylic acids is 1. The minimum absolute atomic E-state index is 0.263. The summed E-state index contributed by atoms with van der Waals surface area (Å²) in [6, 6.07) is -0.974. The third-order valence-electron chi connectivity index (χ3n) is 7.60. The number of unbranched alkanes of at least 4 members (excludes halogenated alkanes) is 16. The van der Waals surface area contributed by atoms with E-state index in [1.165, 1.54) is 70.6 Å². The molecule has 0 aliphatic heterocycles. The van der Waals surface area contributed by atoms with Gasteiger partial charge in [-0.3, -0.25) is 9.35 Å². The summed E-state index contributed by atoms with van der Waals surface area (Å²) >= 11 is 0. The summed E-state index contributed by atoms with van der Waals surface area (Å²) in [6.07, 6.45) is 36.7. The van der Waals surface area contributed by atoms with Crippen molar-refractivity contribution in [1.29, 1.82) is 0 Å². The molecular weight excluding hydrogens is 546 g/mol. The number of carbonyl (C=O) groups is 1. The lowest BCUT2D eigenvalue weighted by Crippen LogP contribution is -2.47. The van der Waals surface area contributed by atoms with Crippen LogP contribution in [0.5, 0.6) is 0 Å². The molecule has 0 aliphatic carbocycles. The highest BCUT2D eigenvalue weighted by Crippen LogP contribution is 2.14. The van der Waals surface area contributed by atoms with Crippen LogP contribution in [0.2, 0.25) is 0 Å². The van der Waals surface area contributed by atoms with Crippen LogP contribution in [0.3, 0.4) is 0 Å². The summed E-state index contributed by atoms with van der Waals surface area (Å²) in [7, 11) is -4.30. The van der Waals surface area contributed by atoms with Gasteiger partial charge in [0.1, 0.15) is 0 Å². The second-order valence-electron chi connectivity index (χ2n) is 11.8. The number of hydrogen-bond acceptors (Lipinski definition) is 4. The largest absolute Gasteiger partial charge is 0.391 e. The zero-order chi connectivity index (χ0) is 31.2. The zero-order valence-electron chi connectivity index (χ0n) is 27.1. The Bertz CT molecular complexity index is 806. The third-order valence-corrected chi connectivity index (χ3v) is 8.38. The highest BCUT2D eigenvalue weighted by atomic mass is 32.2. The maximum atomic E-state index is 12.4. The molecule has 0 aromatic carbocycles. The molecule has 0 rings (SSSR count). The summed E-state index contributed by atoms with van der Waals surface area (Å²) in [5.74, 6) is -0.918. The molecule has 7 heteroatoms. The molecule has 0 aromatic heterocycles. The first kappa shape index (κ1) is 40.6. The summed E-state index contributed by atoms with van der Waals surface area (Å²) in [5.41, 5.74) is 0. The van der Waals surface area contributed by atoms with E-state index in [-0.39, 0.29) is 5.91 Å². The monoisotopic (exact) mass is 611 g/mol. The van der Waals surface area contributed by atoms with Crippen LogP contribution < -0.4 is 5.32 Å². The fourth-order valence-electron chi connectivity index (χ4n) is 4.99. The summed E-state index contributed by atoms with van der Waals surface area (Å²) in [5, 5.41) is 13.2. The normalized spacial score (nSPS) is 13.9. The molecule has 0 saturated heterocycles. The van der Waals surface area contributed by atoms with Gasteiger partial charge in [-0.05, 0) is 51.4 Å². The predicted octanol–water partition coefficient (Wildman–Crippen LogP) is 9.40. The second kappa shape index (κ2) is 29.6. The molecule has 0 fully saturated rings. The third kappa shape index (κ3) is 30.0. The van der Waals surface area contributed by atoms with E-state index >= 15 is 0 Å². The van der Waals surface area contributed by atoms with Crippen molar-refractivity contribution in [3.05, 3.63) is 36.5 Å². The van der Waals surface area contributed by atoms with Gasteiger partial charge in [0.15, 0.2) is 0 Å². The Morgan fingerprint density at radius 2 is 1.07 bits per heavy atom. The van der Waals surface area contributed by atoms with Gasteiger partial charge < -0.3 is 10.4 Å². The van der Waals surface area contributed by atoms with Crippen LogP contribution in [0, 0.1) is 0 Å². The molecule has 2 atom stereocenters. The van der Waals surface area contributed by atoms with Crippen molar-refractivity contribution in [2.24, 2.45) is 0 Å². The molecule has 42 heavy (non-hydrogen) atoms. The van der Waals surface area contributed by atoms with Crippen LogP contribution in [0.25, 0.3) is 0 Å². The van der Waals surface area contributed by atoms with Crippen LogP contribution in [0.1, 0.15) is 162 Å². The van der Waals surface area contributed by atoms with Crippen LogP contribution >= 0.6 is 0 Å². The lowest BCUT2D eigenvalue weighted by molar-refractivity contribution is -0.122. The second-order valence-corrected chi connectivity index (χ2v) is 13.3. The minimum Gasteiger partial charge on any atom is -0.391 e. The lowest BCUT2D eigenvalue weighted by Gasteiger charge is -2.23. The van der Waals surface area contributed by atoms with Gasteiger partial charge in [-0.1, -0.05) is 140 Å². The average molecular weight is 612 g/mol. The van der Waals surface area contributed by atoms with E-state index in [0.717, 1.165) is 64.2 Å². The van der Waals surface area contributed by atoms with E-state index < -0.39 is 28.0 Å². The van der Waals surface area contributed by atoms with E-state index in [4.69, 9.17) is 0 Å². The Kier molecular flexibility index (Phi) is 28.6. The predicted molar refractivity (Wildman–Crippen MR) is 179 cm³/mol. The fraction of sp³-hybridized carbons (Fsp3) is 0.800. The lowest BCUT2D eigenvalue weighted by atomic mass is 10.0. The Morgan fingerprint density at radius 1 is 0.643 bits per heavy atom. The Balaban J connectivity index is 3.93. The maximum absolute atomic E-state index is 12.4. The van der Waals surface area contributed by atoms with E-state index in [1.54, 1.807) is 0 Å². The number of nitrogens with one attached hydrogen (secondary N) is 1. The highest BCUT2D eigenvalue weighted by molar-refractivity contribution is 7.85. The Hall–Kier alpha value is -1.44. The van der Waals surface area contributed by atoms with Gasteiger partial charge in [-0.25, -0.2) is 0 Å². The minimum atomic E-state index is -4.30. The number of rotatable bonds is 30. The summed E-state index contributed by atoms with van der Waals surface area (Å²) in [4.78, 5) is 12.4. The van der Waals surface area contributed by atoms with Crippen molar-refractivity contribution in [3.8, 4) is 0 Å². The topological polar surface area (TPSA) is 104 Å². The fourth-order valence-corrected chi connectivity index (χ4v) is 5.75. The molecule has 1 amide bonds. The first-order valence-electron chi connectivity index (χ1n) is 17.2. The van der Waals surface area contributed by atoms with E-state index in [2.05, 4.69) is 55.6 Å². The molecule has 0 aromatic rings. The smallest absolute Gasteiger partial charge is 0.266 e. The molecule has 0 spiro atoms. The van der Waals surface area contributed by atoms with Crippen LogP contribution in [-0.4, -0.2) is 41.9 Å². The number of aliphatic hydroxyl groups is 1. The van der Waals surface area contributed by atoms with Gasteiger partial charge in [-0.15, -0.1) is 0 Å². The summed E-state index contributed by atoms with van der Waals surface area (Å²) in [6.45, 7) is 4.43. The van der Waals surface area contributed by atoms with Crippen molar-refractivity contribution in [1.82, 2.24) is 5.32 Å². The molecule has 0 radical (unpaired) electrons. The molecule has 0 bridgehead atoms. The van der Waals surface area contributed by atoms with Gasteiger partial charge in [-0.2, -0.15) is 8.42 Å². The number of hydrogen-bond donors (Lipinski definition) is 3. The quantitative estimate of drug-likeness (QED) is 0.0426. The van der Waals surface area contributed by atoms with E-state index in [1.807, 2.05) is 0 Å². The number of amides is 1. The van der Waals surface area contributed by atoms with Crippen molar-refractivity contribution >= 4 is 16.0 Å². The average Bonchev–Trinajstić information content (AvgIpc) is 2.94. The van der Waals surface area contributed by atoms with Gasteiger partial charge in [0.25, 0.3) is 10.1 Å². The van der Waals surface area contributed by atoms with Gasteiger partial charge in [0.2, 0.25) is 5.91 Å². The molecule has 2 unspecified atom stereocenters. The van der Waals surface area contributed by atoms with Gasteiger partial charge in [0, 0.05) is 6.42 Å². The highest BCUT2D eigenvalue weighted by Gasteiger charge is 2.26. The van der Waals surface area contributed by atoms with Gasteiger partial charge >= 0.3 is 0 Å². The van der Waals surface area contributed by atoms with Crippen LogP contribution in [0.4, 0.5) is 0 Å². The molecule has 0 heterocycles. The molecule has 0 saturated carbocycles. The molecule has 3 N–H and O–H groups in total. The van der Waals surface area contributed by atoms with E-state index in [9.17, 15) is 22.9 Å². The zero-order valence-corrected chi connectivity index (χ0v) is 27.9. The van der Waals surface area contributed by atoms with Crippen molar-refractivity contribution < 1.29 is 22.9 Å². The van der Waals surface area contributed by atoms with Crippen molar-refractivity contribution in [2.45, 2.75) is 174 Å². The maximum Gasteiger partial charge on any atom is 0.266 e. The number of allylic oxidation sites excluding steroid dienone is 6. The van der Waals surface area contributed by atoms with Crippen molar-refractivity contribution in [3.63, 3.8) is 0 Å². The first-order chi connectivity index (χ1) is 20.3. The Morgan fingerprint density at radius 3 is 1.62 bits per heavy atom. The molecular formula is C35H65NO5S. The molecule has 6 nitrogen and oxygen atoms in total. The van der Waals surface area contributed by atoms with Crippen LogP contribution in [0.15, 0.2) is 36.5 Å². The summed E-state index contributed by atoms with van der Waals surface area (Å²) < 4.78 is 32.2. The standard InChI is InChI=1S/C35H65NO5S/c1-3-5-7-9-11-13-14-15-16-17-18-19-20-21-22-23-25-27-29-31-35(38)36-33(32-42(39,40)41)34(37)30-28-26-24-12-10-8-6-4-2/h11,13,15-16,18-19,33-34,37H,3-10,12,14,17,20-32H2,1-2H3,(H,36,38)(H,39,40,41)/b13-11-,16-15-,19-18-. The van der Waals surface area contributed by atoms with E-state index in [0.29, 0.717) is 12.8 Å². The van der Waals surface area contributed by atoms with Gasteiger partial charge in [0.05, 0.1) is 17.9 Å². The SMILES string of the molecule is CCCCC/C=C\C/C=C\C/C=C\CCCCCCCCC(=O)NC(CS(=O)(=O)O)C(O)CCCCCCCCCC. The van der Waals surface area contributed by atoms with Crippen LogP contribution in [-0.2, 0) is 14.9 Å². The first-order valence-corrected chi connectivity index (χ1v) is 18.8. The number of aliphatic hydroxyl groups excluding tert-OH is 1.